The zero-order valence-electron chi connectivity index (χ0n) is 16.7. The van der Waals surface area contributed by atoms with Gasteiger partial charge in [0.2, 0.25) is 0 Å². The average Bonchev–Trinajstić information content (AvgIpc) is 2.71. The Morgan fingerprint density at radius 3 is 0.947 bits per heavy atom. The molecule has 2 nitrogen and oxygen atoms in total. The van der Waals surface area contributed by atoms with Gasteiger partial charge in [-0.25, -0.2) is 0 Å². The van der Waals surface area contributed by atoms with Gasteiger partial charge in [-0.15, -0.1) is 0 Å². The van der Waals surface area contributed by atoms with E-state index < -0.39 is 88.7 Å². The van der Waals surface area contributed by atoms with Gasteiger partial charge in [-0.3, -0.25) is 0 Å². The lowest BCUT2D eigenvalue weighted by Crippen LogP contribution is -2.76. The number of halogens is 21. The third kappa shape index (κ3) is 4.85. The van der Waals surface area contributed by atoms with E-state index in [1.165, 1.54) is 0 Å². The highest BCUT2D eigenvalue weighted by Gasteiger charge is 2.97. The molecule has 0 aromatic heterocycles. The molecule has 0 aliphatic carbocycles. The standard InChI is InChI=1S/C14H7F21O2S/c15-5(16,7(19,20)9(23,24)11(27,28)13(31,32)33)6(17,18)8(21,22)10(25,26)12(29,30)14(34,35)38-4(3-37)1-2-36/h1,36-37H,2-3H2. The molecule has 0 spiro atoms. The SMILES string of the molecule is OCC=C(CO)SC(F)(F)C(F)(F)C(F)(F)C(F)(F)C(F)(F)C(F)(F)C(F)(F)C(F)(F)C(F)(F)C(F)(F)F. The molecule has 0 aliphatic rings. The lowest BCUT2D eigenvalue weighted by atomic mass is 9.87. The molecule has 0 aromatic rings. The molecule has 2 N–H and O–H groups in total. The Hall–Kier alpha value is -1.46. The summed E-state index contributed by atoms with van der Waals surface area (Å²) in [6.07, 6.45) is -8.15. The van der Waals surface area contributed by atoms with Gasteiger partial charge in [0.05, 0.1) is 13.2 Å². The first kappa shape index (κ1) is 36.5. The van der Waals surface area contributed by atoms with Crippen LogP contribution in [0.2, 0.25) is 0 Å². The second-order valence-corrected chi connectivity index (χ2v) is 7.96. The molecule has 24 heteroatoms. The van der Waals surface area contributed by atoms with Crippen LogP contribution in [0, 0.1) is 0 Å². The Morgan fingerprint density at radius 1 is 0.447 bits per heavy atom. The van der Waals surface area contributed by atoms with E-state index in [0.29, 0.717) is 0 Å². The van der Waals surface area contributed by atoms with Crippen LogP contribution in [0.25, 0.3) is 0 Å². The van der Waals surface area contributed by atoms with E-state index in [1.807, 2.05) is 0 Å². The summed E-state index contributed by atoms with van der Waals surface area (Å²) in [6, 6.07) is 0. The van der Waals surface area contributed by atoms with Crippen LogP contribution in [-0.4, -0.2) is 82.2 Å². The van der Waals surface area contributed by atoms with Gasteiger partial charge in [0.1, 0.15) is 0 Å². The van der Waals surface area contributed by atoms with Crippen molar-refractivity contribution in [3.05, 3.63) is 11.0 Å². The first-order valence-electron chi connectivity index (χ1n) is 8.31. The van der Waals surface area contributed by atoms with E-state index in [1.54, 1.807) is 0 Å². The summed E-state index contributed by atoms with van der Waals surface area (Å²) in [5.74, 6) is -70.8. The molecule has 228 valence electrons. The van der Waals surface area contributed by atoms with Gasteiger partial charge in [0, 0.05) is 4.91 Å². The van der Waals surface area contributed by atoms with Crippen LogP contribution in [0.5, 0.6) is 0 Å². The zero-order chi connectivity index (χ0) is 31.4. The van der Waals surface area contributed by atoms with Crippen LogP contribution in [0.3, 0.4) is 0 Å². The summed E-state index contributed by atoms with van der Waals surface area (Å²) in [5.41, 5.74) is 0. The number of hydrogen-bond acceptors (Lipinski definition) is 3. The number of thioether (sulfide) groups is 1. The van der Waals surface area contributed by atoms with Crippen molar-refractivity contribution in [1.29, 1.82) is 0 Å². The Bertz CT molecular complexity index is 874. The van der Waals surface area contributed by atoms with E-state index in [4.69, 9.17) is 10.2 Å². The van der Waals surface area contributed by atoms with Crippen molar-refractivity contribution in [2.24, 2.45) is 0 Å². The first-order valence-corrected chi connectivity index (χ1v) is 9.13. The molecule has 0 unspecified atom stereocenters. The summed E-state index contributed by atoms with van der Waals surface area (Å²) >= 11 is -2.11. The van der Waals surface area contributed by atoms with E-state index in [0.717, 1.165) is 0 Å². The van der Waals surface area contributed by atoms with Crippen LogP contribution in [0.1, 0.15) is 0 Å². The van der Waals surface area contributed by atoms with Crippen molar-refractivity contribution in [2.45, 2.75) is 58.8 Å². The molecule has 0 amide bonds. The van der Waals surface area contributed by atoms with Crippen molar-refractivity contribution in [2.75, 3.05) is 13.2 Å². The third-order valence-corrected chi connectivity index (χ3v) is 5.29. The fourth-order valence-electron chi connectivity index (χ4n) is 2.01. The van der Waals surface area contributed by atoms with Crippen LogP contribution in [-0.2, 0) is 0 Å². The highest BCUT2D eigenvalue weighted by Crippen LogP contribution is 2.67. The zero-order valence-corrected chi connectivity index (χ0v) is 17.5. The molecule has 0 rings (SSSR count). The minimum atomic E-state index is -9.23. The molecular weight excluding hydrogens is 631 g/mol. The van der Waals surface area contributed by atoms with Crippen LogP contribution < -0.4 is 0 Å². The quantitative estimate of drug-likeness (QED) is 0.231. The van der Waals surface area contributed by atoms with Crippen molar-refractivity contribution < 1.29 is 102 Å². The largest absolute Gasteiger partial charge is 0.460 e. The smallest absolute Gasteiger partial charge is 0.392 e. The molecule has 0 heterocycles. The van der Waals surface area contributed by atoms with Crippen LogP contribution in [0.4, 0.5) is 92.2 Å². The lowest BCUT2D eigenvalue weighted by Gasteiger charge is -2.44. The van der Waals surface area contributed by atoms with Crippen LogP contribution >= 0.6 is 11.8 Å². The maximum Gasteiger partial charge on any atom is 0.460 e. The summed E-state index contributed by atoms with van der Waals surface area (Å²) in [5, 5.41) is 9.98. The molecular formula is C14H7F21O2S. The fraction of sp³-hybridized carbons (Fsp3) is 0.857. The Labute approximate surface area is 198 Å². The fourth-order valence-corrected chi connectivity index (χ4v) is 2.82. The molecule has 0 radical (unpaired) electrons. The molecule has 0 fully saturated rings. The molecule has 0 bridgehead atoms. The van der Waals surface area contributed by atoms with E-state index in [-0.39, 0.29) is 6.08 Å². The van der Waals surface area contributed by atoms with Crippen molar-refractivity contribution in [3.8, 4) is 0 Å². The van der Waals surface area contributed by atoms with Gasteiger partial charge >= 0.3 is 58.8 Å². The maximum absolute atomic E-state index is 13.7. The highest BCUT2D eigenvalue weighted by atomic mass is 32.2. The van der Waals surface area contributed by atoms with E-state index in [2.05, 4.69) is 0 Å². The van der Waals surface area contributed by atoms with Gasteiger partial charge in [0.25, 0.3) is 0 Å². The highest BCUT2D eigenvalue weighted by molar-refractivity contribution is 8.04. The minimum absolute atomic E-state index is 0.114. The van der Waals surface area contributed by atoms with Crippen LogP contribution in [0.15, 0.2) is 11.0 Å². The molecule has 0 atom stereocenters. The summed E-state index contributed by atoms with van der Waals surface area (Å²) in [6.45, 7) is -3.38. The minimum Gasteiger partial charge on any atom is -0.392 e. The number of alkyl halides is 21. The first-order chi connectivity index (χ1) is 16.2. The topological polar surface area (TPSA) is 40.5 Å². The normalized spacial score (nSPS) is 16.8. The van der Waals surface area contributed by atoms with Crippen molar-refractivity contribution >= 4 is 11.8 Å². The third-order valence-electron chi connectivity index (χ3n) is 4.22. The van der Waals surface area contributed by atoms with Gasteiger partial charge in [-0.05, 0) is 17.8 Å². The van der Waals surface area contributed by atoms with Crippen molar-refractivity contribution in [3.63, 3.8) is 0 Å². The van der Waals surface area contributed by atoms with Gasteiger partial charge < -0.3 is 10.2 Å². The number of aliphatic hydroxyl groups excluding tert-OH is 2. The summed E-state index contributed by atoms with van der Waals surface area (Å²) < 4.78 is 277. The molecule has 0 aromatic carbocycles. The predicted octanol–water partition coefficient (Wildman–Crippen LogP) is 6.83. The van der Waals surface area contributed by atoms with E-state index >= 15 is 0 Å². The molecule has 38 heavy (non-hydrogen) atoms. The second kappa shape index (κ2) is 9.87. The lowest BCUT2D eigenvalue weighted by molar-refractivity contribution is -0.472. The van der Waals surface area contributed by atoms with E-state index in [9.17, 15) is 92.2 Å². The number of aliphatic hydroxyl groups is 2. The monoisotopic (exact) mass is 638 g/mol. The van der Waals surface area contributed by atoms with Crippen molar-refractivity contribution in [1.82, 2.24) is 0 Å². The number of rotatable bonds is 12. The molecule has 0 saturated carbocycles. The Morgan fingerprint density at radius 2 is 0.711 bits per heavy atom. The number of hydrogen-bond donors (Lipinski definition) is 2. The van der Waals surface area contributed by atoms with Gasteiger partial charge in [0.15, 0.2) is 0 Å². The van der Waals surface area contributed by atoms with Gasteiger partial charge in [-0.1, -0.05) is 0 Å². The Balaban J connectivity index is 7.04. The maximum atomic E-state index is 13.7. The predicted molar refractivity (Wildman–Crippen MR) is 80.4 cm³/mol. The van der Waals surface area contributed by atoms with Gasteiger partial charge in [-0.2, -0.15) is 92.2 Å². The average molecular weight is 638 g/mol. The second-order valence-electron chi connectivity index (χ2n) is 6.72. The summed E-state index contributed by atoms with van der Waals surface area (Å²) in [7, 11) is 0. The summed E-state index contributed by atoms with van der Waals surface area (Å²) in [4.78, 5) is -1.71. The molecule has 0 saturated heterocycles. The Kier molecular flexibility index (Phi) is 9.49. The molecule has 0 aliphatic heterocycles.